The quantitative estimate of drug-likeness (QED) is 0.129. The highest BCUT2D eigenvalue weighted by Crippen LogP contribution is 2.32. The van der Waals surface area contributed by atoms with E-state index in [0.717, 1.165) is 0 Å². The van der Waals surface area contributed by atoms with E-state index in [1.807, 2.05) is 0 Å². The smallest absolute Gasteiger partial charge is 0.348 e. The average molecular weight is 699 g/mol. The fraction of sp³-hybridized carbons (Fsp3) is 0.500. The normalized spacial score (nSPS) is 25.5. The van der Waals surface area contributed by atoms with E-state index in [0.29, 0.717) is 18.4 Å². The fourth-order valence-electron chi connectivity index (χ4n) is 5.21. The zero-order chi connectivity index (χ0) is 37.3. The molecule has 2 aromatic rings. The van der Waals surface area contributed by atoms with Gasteiger partial charge in [0.15, 0.2) is 11.8 Å². The molecule has 1 aliphatic rings. The molecule has 4 N–H and O–H groups in total. The van der Waals surface area contributed by atoms with Crippen molar-refractivity contribution < 1.29 is 57.9 Å². The van der Waals surface area contributed by atoms with Crippen LogP contribution in [-0.2, 0) is 49.3 Å². The number of esters is 4. The Balaban J connectivity index is 2.12. The maximum Gasteiger partial charge on any atom is 0.348 e. The van der Waals surface area contributed by atoms with Crippen molar-refractivity contribution in [3.63, 3.8) is 0 Å². The molecule has 1 saturated heterocycles. The number of anilines is 1. The number of aliphatic hydroxyl groups is 1. The van der Waals surface area contributed by atoms with Gasteiger partial charge in [-0.3, -0.25) is 14.4 Å². The number of carbonyl (C=O) groups excluding carboxylic acids is 6. The number of ether oxygens (including phenoxy) is 4. The molecule has 14 heteroatoms. The van der Waals surface area contributed by atoms with Gasteiger partial charge in [-0.2, -0.15) is 0 Å². The number of cyclic esters (lactones) is 4. The first-order valence-corrected chi connectivity index (χ1v) is 16.4. The van der Waals surface area contributed by atoms with Gasteiger partial charge in [0.25, 0.3) is 5.91 Å². The number of hydrogen-bond acceptors (Lipinski definition) is 12. The molecule has 14 nitrogen and oxygen atoms in total. The van der Waals surface area contributed by atoms with E-state index in [4.69, 9.17) is 18.9 Å². The standard InChI is InChI=1S/C36H46N2O12/c1-8-20(4)29-34(45)47-21(5)26(38-31(42)23-15-12-16-24(27(23)40)37-18-39)32(43)49-28(19(2)3)33(44)48-25(17-22-13-10-9-11-14-22)30(41)36(6,7)35(46)50-29/h9-16,18-21,25-26,28-30,40-41H,8,17H2,1-7H3,(H,37,39)(H,38,42). The van der Waals surface area contributed by atoms with E-state index in [-0.39, 0.29) is 17.7 Å². The summed E-state index contributed by atoms with van der Waals surface area (Å²) in [5.41, 5.74) is -1.48. The lowest BCUT2D eigenvalue weighted by atomic mass is 9.81. The van der Waals surface area contributed by atoms with Gasteiger partial charge in [0, 0.05) is 18.3 Å². The lowest BCUT2D eigenvalue weighted by Gasteiger charge is -2.35. The van der Waals surface area contributed by atoms with Crippen LogP contribution in [0.3, 0.4) is 0 Å². The zero-order valence-electron chi connectivity index (χ0n) is 29.2. The van der Waals surface area contributed by atoms with E-state index in [1.54, 1.807) is 58.0 Å². The topological polar surface area (TPSA) is 204 Å². The second-order valence-electron chi connectivity index (χ2n) is 13.2. The Bertz CT molecular complexity index is 1540. The first-order chi connectivity index (χ1) is 23.5. The van der Waals surface area contributed by atoms with Gasteiger partial charge in [0.1, 0.15) is 18.3 Å². The van der Waals surface area contributed by atoms with E-state index in [9.17, 15) is 39.0 Å². The summed E-state index contributed by atoms with van der Waals surface area (Å²) in [6.07, 6.45) is -6.89. The van der Waals surface area contributed by atoms with Gasteiger partial charge < -0.3 is 39.8 Å². The Kier molecular flexibility index (Phi) is 13.5. The molecule has 3 rings (SSSR count). The monoisotopic (exact) mass is 698 g/mol. The predicted molar refractivity (Wildman–Crippen MR) is 178 cm³/mol. The predicted octanol–water partition coefficient (Wildman–Crippen LogP) is 3.07. The Hall–Kier alpha value is -4.98. The van der Waals surface area contributed by atoms with Crippen molar-refractivity contribution in [1.29, 1.82) is 0 Å². The molecule has 7 unspecified atom stereocenters. The summed E-state index contributed by atoms with van der Waals surface area (Å²) in [5, 5.41) is 26.9. The molecule has 272 valence electrons. The Morgan fingerprint density at radius 1 is 0.900 bits per heavy atom. The van der Waals surface area contributed by atoms with Gasteiger partial charge in [-0.05, 0) is 44.9 Å². The maximum atomic E-state index is 13.8. The van der Waals surface area contributed by atoms with E-state index < -0.39 is 89.3 Å². The van der Waals surface area contributed by atoms with Crippen LogP contribution in [0.25, 0.3) is 0 Å². The minimum absolute atomic E-state index is 0.0305. The summed E-state index contributed by atoms with van der Waals surface area (Å²) in [6, 6.07) is 10.9. The first kappa shape index (κ1) is 39.5. The minimum Gasteiger partial charge on any atom is -0.505 e. The molecule has 0 bridgehead atoms. The van der Waals surface area contributed by atoms with Crippen molar-refractivity contribution >= 4 is 41.9 Å². The fourth-order valence-corrected chi connectivity index (χ4v) is 5.21. The molecule has 1 fully saturated rings. The SMILES string of the molecule is CCC(C)C1OC(=O)C(C)(C)C(O)C(Cc2ccccc2)OC(=O)C(C(C)C)OC(=O)C(NC(=O)c2cccc(NC=O)c2O)C(C)OC1=O. The molecule has 0 spiro atoms. The molecule has 7 atom stereocenters. The van der Waals surface area contributed by atoms with Crippen LogP contribution in [0.15, 0.2) is 48.5 Å². The second-order valence-corrected chi connectivity index (χ2v) is 13.2. The number of phenolic OH excluding ortho intramolecular Hbond substituents is 1. The number of aromatic hydroxyl groups is 1. The number of para-hydroxylation sites is 1. The molecule has 0 saturated carbocycles. The summed E-state index contributed by atoms with van der Waals surface area (Å²) in [5.74, 6) is -7.13. The van der Waals surface area contributed by atoms with Crippen molar-refractivity contribution in [2.24, 2.45) is 17.3 Å². The third-order valence-electron chi connectivity index (χ3n) is 8.68. The molecule has 1 aliphatic heterocycles. The van der Waals surface area contributed by atoms with Gasteiger partial charge in [-0.25, -0.2) is 14.4 Å². The molecular formula is C36H46N2O12. The van der Waals surface area contributed by atoms with Crippen molar-refractivity contribution in [3.05, 3.63) is 59.7 Å². The van der Waals surface area contributed by atoms with Crippen LogP contribution in [0.1, 0.15) is 70.8 Å². The van der Waals surface area contributed by atoms with E-state index in [2.05, 4.69) is 10.6 Å². The number of hydrogen-bond donors (Lipinski definition) is 4. The number of amides is 2. The number of rotatable bonds is 9. The van der Waals surface area contributed by atoms with Crippen LogP contribution >= 0.6 is 0 Å². The van der Waals surface area contributed by atoms with Crippen LogP contribution in [0.5, 0.6) is 5.75 Å². The number of carbonyl (C=O) groups is 6. The van der Waals surface area contributed by atoms with E-state index >= 15 is 0 Å². The Labute approximate surface area is 290 Å². The molecule has 50 heavy (non-hydrogen) atoms. The van der Waals surface area contributed by atoms with Gasteiger partial charge in [0.2, 0.25) is 18.6 Å². The largest absolute Gasteiger partial charge is 0.505 e. The van der Waals surface area contributed by atoms with Crippen molar-refractivity contribution in [1.82, 2.24) is 5.32 Å². The van der Waals surface area contributed by atoms with Crippen LogP contribution in [0.2, 0.25) is 0 Å². The summed E-state index contributed by atoms with van der Waals surface area (Å²) >= 11 is 0. The summed E-state index contributed by atoms with van der Waals surface area (Å²) in [6.45, 7) is 10.6. The highest BCUT2D eigenvalue weighted by Gasteiger charge is 2.47. The van der Waals surface area contributed by atoms with Crippen LogP contribution in [0.4, 0.5) is 5.69 Å². The summed E-state index contributed by atoms with van der Waals surface area (Å²) in [7, 11) is 0. The maximum absolute atomic E-state index is 13.8. The molecule has 1 heterocycles. The number of nitrogens with one attached hydrogen (secondary N) is 2. The number of benzene rings is 2. The molecular weight excluding hydrogens is 652 g/mol. The highest BCUT2D eigenvalue weighted by molar-refractivity contribution is 6.01. The van der Waals surface area contributed by atoms with Gasteiger partial charge >= 0.3 is 23.9 Å². The molecule has 0 aliphatic carbocycles. The third kappa shape index (κ3) is 9.37. The average Bonchev–Trinajstić information content (AvgIpc) is 3.07. The van der Waals surface area contributed by atoms with E-state index in [1.165, 1.54) is 39.0 Å². The third-order valence-corrected chi connectivity index (χ3v) is 8.68. The highest BCUT2D eigenvalue weighted by atomic mass is 16.6. The summed E-state index contributed by atoms with van der Waals surface area (Å²) < 4.78 is 22.7. The van der Waals surface area contributed by atoms with Gasteiger partial charge in [-0.1, -0.05) is 64.1 Å². The van der Waals surface area contributed by atoms with Crippen molar-refractivity contribution in [2.75, 3.05) is 5.32 Å². The second kappa shape index (κ2) is 17.1. The number of phenols is 1. The Morgan fingerprint density at radius 3 is 2.14 bits per heavy atom. The van der Waals surface area contributed by atoms with Crippen molar-refractivity contribution in [2.45, 2.75) is 97.9 Å². The summed E-state index contributed by atoms with van der Waals surface area (Å²) in [4.78, 5) is 79.3. The van der Waals surface area contributed by atoms with Crippen LogP contribution in [0, 0.1) is 17.3 Å². The lowest BCUT2D eigenvalue weighted by Crippen LogP contribution is -2.52. The molecule has 2 amide bonds. The zero-order valence-corrected chi connectivity index (χ0v) is 29.2. The molecule has 0 aromatic heterocycles. The Morgan fingerprint density at radius 2 is 1.54 bits per heavy atom. The van der Waals surface area contributed by atoms with Gasteiger partial charge in [-0.15, -0.1) is 0 Å². The molecule has 0 radical (unpaired) electrons. The number of aliphatic hydroxyl groups excluding tert-OH is 1. The van der Waals surface area contributed by atoms with Crippen LogP contribution in [-0.4, -0.2) is 83.0 Å². The van der Waals surface area contributed by atoms with Gasteiger partial charge in [0.05, 0.1) is 16.7 Å². The first-order valence-electron chi connectivity index (χ1n) is 16.4. The lowest BCUT2D eigenvalue weighted by molar-refractivity contribution is -0.190. The van der Waals surface area contributed by atoms with Crippen LogP contribution < -0.4 is 10.6 Å². The molecule has 2 aromatic carbocycles. The minimum atomic E-state index is -1.76. The van der Waals surface area contributed by atoms with Crippen molar-refractivity contribution in [3.8, 4) is 5.75 Å².